The minimum absolute atomic E-state index is 0.0262. The first-order valence-corrected chi connectivity index (χ1v) is 10.9. The molecule has 3 atom stereocenters. The molecule has 0 aliphatic carbocycles. The summed E-state index contributed by atoms with van der Waals surface area (Å²) in [5.74, 6) is -3.44. The fourth-order valence-corrected chi connectivity index (χ4v) is 4.30. The number of benzene rings is 1. The molecule has 9 heteroatoms. The van der Waals surface area contributed by atoms with Gasteiger partial charge < -0.3 is 19.5 Å². The predicted octanol–water partition coefficient (Wildman–Crippen LogP) is 4.21. The largest absolute Gasteiger partial charge is 0.493 e. The molecule has 184 valence electrons. The van der Waals surface area contributed by atoms with Crippen LogP contribution in [0.5, 0.6) is 11.5 Å². The van der Waals surface area contributed by atoms with E-state index in [4.69, 9.17) is 9.47 Å². The van der Waals surface area contributed by atoms with Crippen molar-refractivity contribution in [2.45, 2.75) is 59.5 Å². The second-order valence-electron chi connectivity index (χ2n) is 8.52. The number of carboxylic acid groups (broad SMARTS) is 1. The minimum atomic E-state index is -1.23. The average molecular weight is 475 g/mol. The lowest BCUT2D eigenvalue weighted by Gasteiger charge is -2.39. The molecule has 1 heterocycles. The zero-order valence-corrected chi connectivity index (χ0v) is 20.5. The van der Waals surface area contributed by atoms with E-state index in [9.17, 15) is 23.9 Å². The molecule has 8 nitrogen and oxygen atoms in total. The molecule has 1 unspecified atom stereocenters. The number of methoxy groups -OCH3 is 1. The number of amides is 1. The minimum Gasteiger partial charge on any atom is -0.493 e. The third kappa shape index (κ3) is 5.70. The van der Waals surface area contributed by atoms with Crippen molar-refractivity contribution in [3.63, 3.8) is 0 Å². The number of hydrogen-bond donors (Lipinski definition) is 1. The van der Waals surface area contributed by atoms with Gasteiger partial charge in [0.15, 0.2) is 11.4 Å². The SMILES string of the molecule is COc1ccnc(C(=O)N(C(C)[C@H](c2ccc(F)cc2C)C(C)C)[C@@H](C)C(=O)O)c1OC(C)=O. The lowest BCUT2D eigenvalue weighted by Crippen LogP contribution is -2.51. The van der Waals surface area contributed by atoms with Crippen LogP contribution in [0.15, 0.2) is 30.5 Å². The summed E-state index contributed by atoms with van der Waals surface area (Å²) in [4.78, 5) is 42.8. The monoisotopic (exact) mass is 474 g/mol. The quantitative estimate of drug-likeness (QED) is 0.543. The number of carboxylic acids is 1. The molecule has 1 N–H and O–H groups in total. The summed E-state index contributed by atoms with van der Waals surface area (Å²) in [6.07, 6.45) is 1.32. The molecule has 1 aromatic heterocycles. The van der Waals surface area contributed by atoms with Crippen LogP contribution in [0, 0.1) is 18.7 Å². The highest BCUT2D eigenvalue weighted by molar-refractivity contribution is 5.98. The molecule has 0 bridgehead atoms. The van der Waals surface area contributed by atoms with Crippen molar-refractivity contribution in [1.29, 1.82) is 0 Å². The average Bonchev–Trinajstić information content (AvgIpc) is 2.74. The number of carbonyl (C=O) groups excluding carboxylic acids is 2. The first kappa shape index (κ1) is 26.8. The number of pyridine rings is 1. The standard InChI is InChI=1S/C25H31FN2O6/c1-13(2)21(19-9-8-18(26)12-14(19)3)15(4)28(16(5)25(31)32)24(30)22-23(34-17(6)29)20(33-7)10-11-27-22/h8-13,15-16,21H,1-7H3,(H,31,32)/t15?,16-,21+/m0/s1. The summed E-state index contributed by atoms with van der Waals surface area (Å²) >= 11 is 0. The van der Waals surface area contributed by atoms with Crippen molar-refractivity contribution in [2.75, 3.05) is 7.11 Å². The maximum absolute atomic E-state index is 13.8. The summed E-state index contributed by atoms with van der Waals surface area (Å²) in [6.45, 7) is 9.99. The number of nitrogens with zero attached hydrogens (tertiary/aromatic N) is 2. The fraction of sp³-hybridized carbons (Fsp3) is 0.440. The Kier molecular flexibility index (Phi) is 8.73. The van der Waals surface area contributed by atoms with Crippen molar-refractivity contribution in [3.8, 4) is 11.5 Å². The highest BCUT2D eigenvalue weighted by Gasteiger charge is 2.39. The number of hydrogen-bond acceptors (Lipinski definition) is 6. The van der Waals surface area contributed by atoms with E-state index < -0.39 is 29.9 Å². The van der Waals surface area contributed by atoms with E-state index in [1.807, 2.05) is 13.8 Å². The van der Waals surface area contributed by atoms with Gasteiger partial charge in [0.1, 0.15) is 11.9 Å². The van der Waals surface area contributed by atoms with Crippen molar-refractivity contribution in [3.05, 3.63) is 53.1 Å². The Labute approximate surface area is 198 Å². The Hall–Kier alpha value is -3.49. The second kappa shape index (κ2) is 11.1. The zero-order chi connectivity index (χ0) is 25.7. The first-order chi connectivity index (χ1) is 15.9. The molecule has 1 amide bonds. The first-order valence-electron chi connectivity index (χ1n) is 10.9. The van der Waals surface area contributed by atoms with Crippen molar-refractivity contribution in [2.24, 2.45) is 5.92 Å². The summed E-state index contributed by atoms with van der Waals surface area (Å²) in [5.41, 5.74) is 1.26. The van der Waals surface area contributed by atoms with Gasteiger partial charge >= 0.3 is 11.9 Å². The molecule has 0 fully saturated rings. The van der Waals surface area contributed by atoms with Gasteiger partial charge in [-0.25, -0.2) is 14.2 Å². The summed E-state index contributed by atoms with van der Waals surface area (Å²) in [7, 11) is 1.35. The molecule has 0 spiro atoms. The van der Waals surface area contributed by atoms with Crippen LogP contribution in [0.3, 0.4) is 0 Å². The van der Waals surface area contributed by atoms with Crippen molar-refractivity contribution >= 4 is 17.8 Å². The summed E-state index contributed by atoms with van der Waals surface area (Å²) in [6, 6.07) is 3.98. The summed E-state index contributed by atoms with van der Waals surface area (Å²) in [5, 5.41) is 9.82. The second-order valence-corrected chi connectivity index (χ2v) is 8.52. The Morgan fingerprint density at radius 2 is 1.76 bits per heavy atom. The van der Waals surface area contributed by atoms with Crippen LogP contribution < -0.4 is 9.47 Å². The molecular weight excluding hydrogens is 443 g/mol. The Bertz CT molecular complexity index is 1070. The predicted molar refractivity (Wildman–Crippen MR) is 124 cm³/mol. The number of esters is 1. The van der Waals surface area contributed by atoms with Gasteiger partial charge in [0.2, 0.25) is 5.75 Å². The van der Waals surface area contributed by atoms with Gasteiger partial charge in [0.05, 0.1) is 7.11 Å². The van der Waals surface area contributed by atoms with Gasteiger partial charge in [-0.1, -0.05) is 19.9 Å². The Morgan fingerprint density at radius 3 is 2.26 bits per heavy atom. The van der Waals surface area contributed by atoms with Gasteiger partial charge in [0.25, 0.3) is 5.91 Å². The molecule has 2 rings (SSSR count). The van der Waals surface area contributed by atoms with E-state index in [0.717, 1.165) is 5.56 Å². The molecule has 1 aromatic carbocycles. The normalized spacial score (nSPS) is 13.7. The van der Waals surface area contributed by atoms with Crippen LogP contribution in [0.1, 0.15) is 62.2 Å². The number of rotatable bonds is 9. The van der Waals surface area contributed by atoms with Crippen LogP contribution in [0.25, 0.3) is 0 Å². The number of carbonyl (C=O) groups is 3. The molecule has 34 heavy (non-hydrogen) atoms. The highest BCUT2D eigenvalue weighted by atomic mass is 19.1. The fourth-order valence-electron chi connectivity index (χ4n) is 4.30. The van der Waals surface area contributed by atoms with E-state index in [1.54, 1.807) is 19.9 Å². The van der Waals surface area contributed by atoms with Gasteiger partial charge in [-0.05, 0) is 49.9 Å². The smallest absolute Gasteiger partial charge is 0.326 e. The van der Waals surface area contributed by atoms with E-state index in [2.05, 4.69) is 4.98 Å². The Balaban J connectivity index is 2.67. The topological polar surface area (TPSA) is 106 Å². The van der Waals surface area contributed by atoms with E-state index in [-0.39, 0.29) is 34.8 Å². The molecular formula is C25H31FN2O6. The molecule has 0 saturated heterocycles. The molecule has 0 saturated carbocycles. The van der Waals surface area contributed by atoms with E-state index >= 15 is 0 Å². The number of ether oxygens (including phenoxy) is 2. The lowest BCUT2D eigenvalue weighted by atomic mass is 9.80. The van der Waals surface area contributed by atoms with Gasteiger partial charge in [-0.2, -0.15) is 0 Å². The van der Waals surface area contributed by atoms with E-state index in [1.165, 1.54) is 50.3 Å². The van der Waals surface area contributed by atoms with Crippen molar-refractivity contribution < 1.29 is 33.4 Å². The molecule has 0 radical (unpaired) electrons. The highest BCUT2D eigenvalue weighted by Crippen LogP contribution is 2.37. The van der Waals surface area contributed by atoms with Gasteiger partial charge in [0, 0.05) is 31.1 Å². The van der Waals surface area contributed by atoms with Crippen LogP contribution in [0.2, 0.25) is 0 Å². The van der Waals surface area contributed by atoms with Crippen molar-refractivity contribution in [1.82, 2.24) is 9.88 Å². The summed E-state index contributed by atoms with van der Waals surface area (Å²) < 4.78 is 24.2. The molecule has 0 aliphatic heterocycles. The third-order valence-electron chi connectivity index (χ3n) is 5.81. The number of aliphatic carboxylic acids is 1. The zero-order valence-electron chi connectivity index (χ0n) is 20.5. The maximum Gasteiger partial charge on any atom is 0.326 e. The van der Waals surface area contributed by atoms with Crippen LogP contribution in [-0.2, 0) is 9.59 Å². The maximum atomic E-state index is 13.8. The third-order valence-corrected chi connectivity index (χ3v) is 5.81. The van der Waals surface area contributed by atoms with Crippen LogP contribution in [0.4, 0.5) is 4.39 Å². The molecule has 2 aromatic rings. The number of aromatic nitrogens is 1. The lowest BCUT2D eigenvalue weighted by molar-refractivity contribution is -0.142. The Morgan fingerprint density at radius 1 is 1.12 bits per heavy atom. The molecule has 0 aliphatic rings. The van der Waals surface area contributed by atoms with Gasteiger partial charge in [-0.3, -0.25) is 9.59 Å². The van der Waals surface area contributed by atoms with Crippen LogP contribution in [-0.4, -0.2) is 52.0 Å². The number of halogens is 1. The number of aryl methyl sites for hydroxylation is 1. The van der Waals surface area contributed by atoms with Gasteiger partial charge in [-0.15, -0.1) is 0 Å². The van der Waals surface area contributed by atoms with E-state index in [0.29, 0.717) is 5.56 Å². The van der Waals surface area contributed by atoms with Crippen LogP contribution >= 0.6 is 0 Å².